The van der Waals surface area contributed by atoms with E-state index in [0.717, 1.165) is 22.3 Å². The van der Waals surface area contributed by atoms with Crippen LogP contribution < -0.4 is 11.3 Å². The van der Waals surface area contributed by atoms with Crippen LogP contribution in [0.25, 0.3) is 22.3 Å². The van der Waals surface area contributed by atoms with E-state index < -0.39 is 5.97 Å². The minimum absolute atomic E-state index is 0.249. The van der Waals surface area contributed by atoms with Gasteiger partial charge in [0.1, 0.15) is 0 Å². The van der Waals surface area contributed by atoms with Crippen molar-refractivity contribution in [3.8, 4) is 22.3 Å². The number of rotatable bonds is 4. The second kappa shape index (κ2) is 6.98. The van der Waals surface area contributed by atoms with Crippen LogP contribution in [0.1, 0.15) is 20.7 Å². The van der Waals surface area contributed by atoms with E-state index >= 15 is 0 Å². The lowest BCUT2D eigenvalue weighted by molar-refractivity contribution is 0.0696. The topological polar surface area (TPSA) is 92.4 Å². The second-order valence-corrected chi connectivity index (χ2v) is 5.48. The number of carbonyl (C=O) groups is 2. The molecule has 0 spiro atoms. The third kappa shape index (κ3) is 3.41. The lowest BCUT2D eigenvalue weighted by atomic mass is 9.93. The van der Waals surface area contributed by atoms with E-state index in [-0.39, 0.29) is 11.5 Å². The number of hydrogen-bond acceptors (Lipinski definition) is 3. The maximum atomic E-state index is 11.6. The summed E-state index contributed by atoms with van der Waals surface area (Å²) in [5, 5.41) is 9.03. The van der Waals surface area contributed by atoms with Gasteiger partial charge in [-0.1, -0.05) is 48.5 Å². The number of nitrogens with two attached hydrogens (primary N) is 1. The number of hydrogen-bond donors (Lipinski definition) is 3. The number of nitrogens with one attached hydrogen (secondary N) is 1. The molecule has 0 atom stereocenters. The fourth-order valence-electron chi connectivity index (χ4n) is 2.66. The molecule has 124 valence electrons. The zero-order valence-corrected chi connectivity index (χ0v) is 13.3. The van der Waals surface area contributed by atoms with Gasteiger partial charge in [0.05, 0.1) is 5.56 Å². The maximum Gasteiger partial charge on any atom is 0.335 e. The van der Waals surface area contributed by atoms with Crippen molar-refractivity contribution in [3.05, 3.63) is 83.9 Å². The molecule has 0 saturated carbocycles. The number of carbonyl (C=O) groups excluding carboxylic acids is 1. The fourth-order valence-corrected chi connectivity index (χ4v) is 2.66. The summed E-state index contributed by atoms with van der Waals surface area (Å²) in [6.07, 6.45) is 0. The van der Waals surface area contributed by atoms with Gasteiger partial charge in [-0.3, -0.25) is 10.2 Å². The molecule has 4 N–H and O–H groups in total. The molecule has 0 aliphatic carbocycles. The SMILES string of the molecule is NNC(=O)c1ccc(-c2ccccc2-c2ccc(C(=O)O)cc2)cc1. The van der Waals surface area contributed by atoms with Crippen LogP contribution in [0.5, 0.6) is 0 Å². The standard InChI is InChI=1S/C20H16N2O3/c21-22-19(23)15-9-5-13(6-10-15)17-3-1-2-4-18(17)14-7-11-16(12-8-14)20(24)25/h1-12H,21H2,(H,22,23)(H,24,25). The largest absolute Gasteiger partial charge is 0.478 e. The van der Waals surface area contributed by atoms with Gasteiger partial charge in [-0.15, -0.1) is 0 Å². The van der Waals surface area contributed by atoms with Crippen molar-refractivity contribution in [2.75, 3.05) is 0 Å². The van der Waals surface area contributed by atoms with E-state index in [9.17, 15) is 9.59 Å². The minimum atomic E-state index is -0.950. The highest BCUT2D eigenvalue weighted by Gasteiger charge is 2.10. The summed E-state index contributed by atoms with van der Waals surface area (Å²) < 4.78 is 0. The van der Waals surface area contributed by atoms with E-state index in [4.69, 9.17) is 10.9 Å². The zero-order chi connectivity index (χ0) is 17.8. The van der Waals surface area contributed by atoms with Crippen LogP contribution in [0.2, 0.25) is 0 Å². The molecule has 0 bridgehead atoms. The maximum absolute atomic E-state index is 11.6. The molecule has 0 aliphatic rings. The Balaban J connectivity index is 2.01. The van der Waals surface area contributed by atoms with Crippen molar-refractivity contribution < 1.29 is 14.7 Å². The van der Waals surface area contributed by atoms with Crippen molar-refractivity contribution in [3.63, 3.8) is 0 Å². The van der Waals surface area contributed by atoms with Gasteiger partial charge in [-0.25, -0.2) is 10.6 Å². The Labute approximate surface area is 144 Å². The summed E-state index contributed by atoms with van der Waals surface area (Å²) in [4.78, 5) is 22.6. The Hall–Kier alpha value is -3.44. The number of amides is 1. The molecule has 0 aliphatic heterocycles. The number of nitrogen functional groups attached to an aromatic ring is 1. The van der Waals surface area contributed by atoms with Gasteiger partial charge in [-0.2, -0.15) is 0 Å². The molecule has 0 unspecified atom stereocenters. The van der Waals surface area contributed by atoms with Gasteiger partial charge in [0, 0.05) is 5.56 Å². The van der Waals surface area contributed by atoms with Crippen LogP contribution in [-0.4, -0.2) is 17.0 Å². The molecule has 3 aromatic rings. The number of carboxylic acid groups (broad SMARTS) is 1. The molecule has 5 nitrogen and oxygen atoms in total. The van der Waals surface area contributed by atoms with Gasteiger partial charge in [-0.05, 0) is 46.5 Å². The number of carboxylic acids is 1. The van der Waals surface area contributed by atoms with Crippen molar-refractivity contribution >= 4 is 11.9 Å². The number of aromatic carboxylic acids is 1. The van der Waals surface area contributed by atoms with Crippen LogP contribution in [0.4, 0.5) is 0 Å². The Kier molecular flexibility index (Phi) is 4.59. The molecule has 25 heavy (non-hydrogen) atoms. The van der Waals surface area contributed by atoms with Gasteiger partial charge >= 0.3 is 5.97 Å². The van der Waals surface area contributed by atoms with Gasteiger partial charge in [0.2, 0.25) is 0 Å². The first-order chi connectivity index (χ1) is 12.1. The van der Waals surface area contributed by atoms with E-state index in [1.807, 2.05) is 36.4 Å². The average Bonchev–Trinajstić information content (AvgIpc) is 2.67. The lowest BCUT2D eigenvalue weighted by Crippen LogP contribution is -2.29. The summed E-state index contributed by atoms with van der Waals surface area (Å²) in [6.45, 7) is 0. The summed E-state index contributed by atoms with van der Waals surface area (Å²) in [6, 6.07) is 21.7. The quantitative estimate of drug-likeness (QED) is 0.388. The van der Waals surface area contributed by atoms with Gasteiger partial charge in [0.15, 0.2) is 0 Å². The lowest BCUT2D eigenvalue weighted by Gasteiger charge is -2.11. The number of benzene rings is 3. The molecule has 0 saturated heterocycles. The first kappa shape index (κ1) is 16.4. The molecule has 0 heterocycles. The third-order valence-electron chi connectivity index (χ3n) is 3.96. The highest BCUT2D eigenvalue weighted by Crippen LogP contribution is 2.32. The molecule has 1 amide bonds. The fraction of sp³-hybridized carbons (Fsp3) is 0. The van der Waals surface area contributed by atoms with E-state index in [2.05, 4.69) is 5.43 Å². The molecule has 0 radical (unpaired) electrons. The molecular formula is C20H16N2O3. The summed E-state index contributed by atoms with van der Waals surface area (Å²) >= 11 is 0. The highest BCUT2D eigenvalue weighted by atomic mass is 16.4. The van der Waals surface area contributed by atoms with Crippen LogP contribution in [0.15, 0.2) is 72.8 Å². The predicted molar refractivity (Wildman–Crippen MR) is 95.9 cm³/mol. The van der Waals surface area contributed by atoms with E-state index in [0.29, 0.717) is 5.56 Å². The summed E-state index contributed by atoms with van der Waals surface area (Å²) in [7, 11) is 0. The zero-order valence-electron chi connectivity index (χ0n) is 13.3. The van der Waals surface area contributed by atoms with Gasteiger partial charge < -0.3 is 5.11 Å². The van der Waals surface area contributed by atoms with Crippen molar-refractivity contribution in [2.45, 2.75) is 0 Å². The Morgan fingerprint density at radius 1 is 0.720 bits per heavy atom. The van der Waals surface area contributed by atoms with E-state index in [1.54, 1.807) is 36.4 Å². The van der Waals surface area contributed by atoms with Crippen molar-refractivity contribution in [2.24, 2.45) is 5.84 Å². The first-order valence-corrected chi connectivity index (χ1v) is 7.64. The predicted octanol–water partition coefficient (Wildman–Crippen LogP) is 3.32. The summed E-state index contributed by atoms with van der Waals surface area (Å²) in [5.74, 6) is 3.85. The van der Waals surface area contributed by atoms with Gasteiger partial charge in [0.25, 0.3) is 5.91 Å². The highest BCUT2D eigenvalue weighted by molar-refractivity contribution is 5.95. The smallest absolute Gasteiger partial charge is 0.335 e. The molecule has 0 fully saturated rings. The Morgan fingerprint density at radius 3 is 1.56 bits per heavy atom. The van der Waals surface area contributed by atoms with E-state index in [1.165, 1.54) is 0 Å². The van der Waals surface area contributed by atoms with Crippen LogP contribution in [0, 0.1) is 0 Å². The molecule has 5 heteroatoms. The second-order valence-electron chi connectivity index (χ2n) is 5.48. The molecule has 3 rings (SSSR count). The van der Waals surface area contributed by atoms with Crippen molar-refractivity contribution in [1.29, 1.82) is 0 Å². The van der Waals surface area contributed by atoms with Crippen molar-refractivity contribution in [1.82, 2.24) is 5.43 Å². The Bertz CT molecular complexity index is 916. The molecule has 0 aromatic heterocycles. The minimum Gasteiger partial charge on any atom is -0.478 e. The third-order valence-corrected chi connectivity index (χ3v) is 3.96. The monoisotopic (exact) mass is 332 g/mol. The first-order valence-electron chi connectivity index (χ1n) is 7.64. The number of hydrazine groups is 1. The van der Waals surface area contributed by atoms with Crippen LogP contribution in [-0.2, 0) is 0 Å². The summed E-state index contributed by atoms with van der Waals surface area (Å²) in [5.41, 5.74) is 6.68. The normalized spacial score (nSPS) is 10.3. The molecule has 3 aromatic carbocycles. The average molecular weight is 332 g/mol. The van der Waals surface area contributed by atoms with Crippen LogP contribution >= 0.6 is 0 Å². The Morgan fingerprint density at radius 2 is 1.16 bits per heavy atom. The van der Waals surface area contributed by atoms with Crippen LogP contribution in [0.3, 0.4) is 0 Å². The molecular weight excluding hydrogens is 316 g/mol.